The molecule has 4 aromatic carbocycles. The van der Waals surface area contributed by atoms with Crippen LogP contribution in [0.25, 0.3) is 22.3 Å². The summed E-state index contributed by atoms with van der Waals surface area (Å²) in [5.41, 5.74) is 6.29. The first-order chi connectivity index (χ1) is 25.0. The molecule has 6 rings (SSSR count). The molecular formula is C42H52N4O6. The molecule has 2 aliphatic rings. The molecule has 276 valence electrons. The summed E-state index contributed by atoms with van der Waals surface area (Å²) in [5, 5.41) is 0. The second-order valence-corrected chi connectivity index (χ2v) is 14.0. The highest BCUT2D eigenvalue weighted by atomic mass is 16.5. The lowest BCUT2D eigenvalue weighted by atomic mass is 10.0. The highest BCUT2D eigenvalue weighted by Gasteiger charge is 2.33. The molecule has 0 radical (unpaired) electrons. The predicted octanol–water partition coefficient (Wildman–Crippen LogP) is 5.56. The van der Waals surface area contributed by atoms with Crippen molar-refractivity contribution >= 4 is 11.6 Å². The van der Waals surface area contributed by atoms with Gasteiger partial charge in [-0.25, -0.2) is 0 Å². The summed E-state index contributed by atoms with van der Waals surface area (Å²) >= 11 is 0. The minimum absolute atomic E-state index is 0.00788. The molecule has 0 saturated heterocycles. The monoisotopic (exact) mass is 708 g/mol. The average molecular weight is 709 g/mol. The van der Waals surface area contributed by atoms with Crippen LogP contribution in [-0.4, -0.2) is 140 Å². The minimum atomic E-state index is 0.00788. The molecule has 2 aliphatic carbocycles. The molecule has 0 spiro atoms. The Morgan fingerprint density at radius 2 is 0.808 bits per heavy atom. The topological polar surface area (TPSA) is 84.0 Å². The van der Waals surface area contributed by atoms with Crippen molar-refractivity contribution in [3.63, 3.8) is 0 Å². The summed E-state index contributed by atoms with van der Waals surface area (Å²) < 4.78 is 23.7. The standard InChI is InChI=1S/2C21H26N2O3/c1-22(2)11-13-25-17-9-6-8-16-19(17)15-7-5-10-18(20(15)21(16)24)26-14-12-23(3)4;1-22(2)10-12-25-15-8-9-16-18(14-15)20-17(21(16)24)6-5-7-19(20)26-13-11-23(3)4/h5-10H,11-14H2,1-4H3;5-9,14H,10-13H2,1-4H3. The summed E-state index contributed by atoms with van der Waals surface area (Å²) in [7, 11) is 16.1. The molecule has 10 nitrogen and oxygen atoms in total. The number of likely N-dealkylation sites (N-methyl/N-ethyl adjacent to an activating group) is 4. The first-order valence-corrected chi connectivity index (χ1v) is 17.7. The lowest BCUT2D eigenvalue weighted by Gasteiger charge is -2.14. The molecule has 0 heterocycles. The van der Waals surface area contributed by atoms with Gasteiger partial charge < -0.3 is 38.5 Å². The van der Waals surface area contributed by atoms with Crippen LogP contribution in [0.2, 0.25) is 0 Å². The Hall–Kier alpha value is -4.74. The summed E-state index contributed by atoms with van der Waals surface area (Å²) in [6.45, 7) is 5.57. The van der Waals surface area contributed by atoms with Crippen LogP contribution in [-0.2, 0) is 0 Å². The van der Waals surface area contributed by atoms with Crippen molar-refractivity contribution in [1.29, 1.82) is 0 Å². The summed E-state index contributed by atoms with van der Waals surface area (Å²) in [6, 6.07) is 22.8. The average Bonchev–Trinajstić information content (AvgIpc) is 3.56. The van der Waals surface area contributed by atoms with Gasteiger partial charge in [0.15, 0.2) is 11.6 Å². The molecule has 0 unspecified atom stereocenters. The SMILES string of the molecule is CN(C)CCOc1ccc2c(c1)-c1c(OCCN(C)C)cccc1C2=O.CN(C)CCOc1cccc2c1C(=O)c1cccc(OCCN(C)C)c1-2. The number of ether oxygens (including phenoxy) is 4. The fraction of sp³-hybridized carbons (Fsp3) is 0.381. The molecule has 0 bridgehead atoms. The van der Waals surface area contributed by atoms with E-state index in [1.165, 1.54) is 0 Å². The molecule has 0 saturated carbocycles. The van der Waals surface area contributed by atoms with Gasteiger partial charge in [-0.2, -0.15) is 0 Å². The van der Waals surface area contributed by atoms with Crippen molar-refractivity contribution in [2.75, 3.05) is 109 Å². The smallest absolute Gasteiger partial charge is 0.198 e. The lowest BCUT2D eigenvalue weighted by Crippen LogP contribution is -2.20. The zero-order chi connectivity index (χ0) is 37.4. The van der Waals surface area contributed by atoms with Gasteiger partial charge in [-0.05, 0) is 92.8 Å². The molecule has 4 aromatic rings. The maximum atomic E-state index is 13.0. The van der Waals surface area contributed by atoms with Crippen molar-refractivity contribution in [2.45, 2.75) is 0 Å². The number of ketones is 2. The van der Waals surface area contributed by atoms with Gasteiger partial charge in [0.2, 0.25) is 0 Å². The van der Waals surface area contributed by atoms with E-state index in [-0.39, 0.29) is 11.6 Å². The second-order valence-electron chi connectivity index (χ2n) is 14.0. The van der Waals surface area contributed by atoms with Gasteiger partial charge in [-0.15, -0.1) is 0 Å². The fourth-order valence-electron chi connectivity index (χ4n) is 5.99. The Balaban J connectivity index is 0.000000201. The van der Waals surface area contributed by atoms with Crippen LogP contribution in [0.5, 0.6) is 23.0 Å². The van der Waals surface area contributed by atoms with Gasteiger partial charge >= 0.3 is 0 Å². The highest BCUT2D eigenvalue weighted by Crippen LogP contribution is 2.46. The largest absolute Gasteiger partial charge is 0.492 e. The van der Waals surface area contributed by atoms with E-state index in [0.717, 1.165) is 65.7 Å². The summed E-state index contributed by atoms with van der Waals surface area (Å²) in [4.78, 5) is 34.0. The fourth-order valence-corrected chi connectivity index (χ4v) is 5.99. The lowest BCUT2D eigenvalue weighted by molar-refractivity contribution is 0.103. The Morgan fingerprint density at radius 1 is 0.404 bits per heavy atom. The van der Waals surface area contributed by atoms with Crippen LogP contribution in [0.4, 0.5) is 0 Å². The van der Waals surface area contributed by atoms with E-state index in [9.17, 15) is 9.59 Å². The number of rotatable bonds is 16. The van der Waals surface area contributed by atoms with E-state index >= 15 is 0 Å². The van der Waals surface area contributed by atoms with E-state index in [2.05, 4.69) is 19.6 Å². The maximum Gasteiger partial charge on any atom is 0.198 e. The number of benzene rings is 4. The summed E-state index contributed by atoms with van der Waals surface area (Å²) in [6.07, 6.45) is 0. The number of nitrogens with zero attached hydrogens (tertiary/aromatic N) is 4. The van der Waals surface area contributed by atoms with Gasteiger partial charge in [0.25, 0.3) is 0 Å². The number of carbonyl (C=O) groups excluding carboxylic acids is 2. The Morgan fingerprint density at radius 3 is 1.29 bits per heavy atom. The minimum Gasteiger partial charge on any atom is -0.492 e. The van der Waals surface area contributed by atoms with Crippen molar-refractivity contribution in [2.24, 2.45) is 0 Å². The van der Waals surface area contributed by atoms with Crippen LogP contribution in [0.1, 0.15) is 31.8 Å². The molecule has 0 aromatic heterocycles. The molecule has 10 heteroatoms. The van der Waals surface area contributed by atoms with Crippen molar-refractivity contribution in [3.05, 3.63) is 95.1 Å². The Labute approximate surface area is 308 Å². The zero-order valence-corrected chi connectivity index (χ0v) is 31.8. The molecular weight excluding hydrogens is 656 g/mol. The van der Waals surface area contributed by atoms with Crippen molar-refractivity contribution < 1.29 is 28.5 Å². The second kappa shape index (κ2) is 17.7. The predicted molar refractivity (Wildman–Crippen MR) is 207 cm³/mol. The van der Waals surface area contributed by atoms with Gasteiger partial charge in [0, 0.05) is 65.1 Å². The molecule has 0 amide bonds. The highest BCUT2D eigenvalue weighted by molar-refractivity contribution is 6.24. The first kappa shape index (κ1) is 38.5. The first-order valence-electron chi connectivity index (χ1n) is 17.7. The van der Waals surface area contributed by atoms with Crippen LogP contribution in [0.15, 0.2) is 72.8 Å². The Kier molecular flexibility index (Phi) is 13.1. The number of fused-ring (bicyclic) bond motifs is 6. The summed E-state index contributed by atoms with van der Waals surface area (Å²) in [5.74, 6) is 2.98. The number of hydrogen-bond donors (Lipinski definition) is 0. The van der Waals surface area contributed by atoms with E-state index in [0.29, 0.717) is 54.4 Å². The van der Waals surface area contributed by atoms with Gasteiger partial charge in [0.1, 0.15) is 49.4 Å². The normalized spacial score (nSPS) is 12.5. The zero-order valence-electron chi connectivity index (χ0n) is 31.8. The van der Waals surface area contributed by atoms with Gasteiger partial charge in [-0.3, -0.25) is 9.59 Å². The van der Waals surface area contributed by atoms with Gasteiger partial charge in [0.05, 0.1) is 5.56 Å². The third kappa shape index (κ3) is 9.18. The third-order valence-corrected chi connectivity index (χ3v) is 8.76. The van der Waals surface area contributed by atoms with Crippen LogP contribution in [0, 0.1) is 0 Å². The van der Waals surface area contributed by atoms with Crippen LogP contribution >= 0.6 is 0 Å². The van der Waals surface area contributed by atoms with Crippen molar-refractivity contribution in [1.82, 2.24) is 19.6 Å². The molecule has 0 aliphatic heterocycles. The quantitative estimate of drug-likeness (QED) is 0.128. The molecule has 0 fully saturated rings. The van der Waals surface area contributed by atoms with E-state index in [1.807, 2.05) is 129 Å². The van der Waals surface area contributed by atoms with Crippen LogP contribution in [0.3, 0.4) is 0 Å². The van der Waals surface area contributed by atoms with Crippen LogP contribution < -0.4 is 18.9 Å². The van der Waals surface area contributed by atoms with E-state index in [4.69, 9.17) is 18.9 Å². The number of carbonyl (C=O) groups is 2. The van der Waals surface area contributed by atoms with E-state index < -0.39 is 0 Å². The van der Waals surface area contributed by atoms with E-state index in [1.54, 1.807) is 0 Å². The maximum absolute atomic E-state index is 13.0. The molecule has 0 atom stereocenters. The number of hydrogen-bond acceptors (Lipinski definition) is 10. The van der Waals surface area contributed by atoms with Crippen molar-refractivity contribution in [3.8, 4) is 45.3 Å². The molecule has 52 heavy (non-hydrogen) atoms. The molecule has 0 N–H and O–H groups in total. The van der Waals surface area contributed by atoms with Gasteiger partial charge in [-0.1, -0.05) is 36.4 Å². The third-order valence-electron chi connectivity index (χ3n) is 8.76. The Bertz CT molecular complexity index is 1840.